The van der Waals surface area contributed by atoms with Crippen LogP contribution < -0.4 is 16.9 Å². The van der Waals surface area contributed by atoms with Gasteiger partial charge in [0.25, 0.3) is 6.43 Å². The minimum absolute atomic E-state index is 0.131. The molecule has 3 rings (SSSR count). The number of aromatic nitrogens is 1. The van der Waals surface area contributed by atoms with Gasteiger partial charge in [-0.25, -0.2) is 19.6 Å². The number of hydrazine groups is 1. The molecule has 7 nitrogen and oxygen atoms in total. The Hall–Kier alpha value is -2.78. The van der Waals surface area contributed by atoms with Crippen LogP contribution in [-0.2, 0) is 4.79 Å². The second kappa shape index (κ2) is 9.15. The second-order valence-electron chi connectivity index (χ2n) is 7.34. The lowest BCUT2D eigenvalue weighted by Crippen LogP contribution is -2.40. The second-order valence-corrected chi connectivity index (χ2v) is 7.34. The number of anilines is 1. The van der Waals surface area contributed by atoms with Crippen molar-refractivity contribution in [3.8, 4) is 0 Å². The van der Waals surface area contributed by atoms with Crippen molar-refractivity contribution in [2.75, 3.05) is 32.0 Å². The summed E-state index contributed by atoms with van der Waals surface area (Å²) in [5.41, 5.74) is 7.38. The van der Waals surface area contributed by atoms with Crippen LogP contribution >= 0.6 is 0 Å². The van der Waals surface area contributed by atoms with Crippen LogP contribution in [0.2, 0.25) is 0 Å². The summed E-state index contributed by atoms with van der Waals surface area (Å²) in [6.45, 7) is 0.761. The molecule has 0 spiro atoms. The SMILES string of the molecule is CN(N)/C=C(\N)c1ccc2cnc(NC(=O)C3CCN(CC(F)F)CC3)cc2c1. The quantitative estimate of drug-likeness (QED) is 0.504. The topological polar surface area (TPSA) is 101 Å². The van der Waals surface area contributed by atoms with E-state index in [4.69, 9.17) is 11.6 Å². The first-order valence-corrected chi connectivity index (χ1v) is 9.48. The molecule has 1 aromatic heterocycles. The lowest BCUT2D eigenvalue weighted by Gasteiger charge is -2.30. The van der Waals surface area contributed by atoms with Crippen LogP contribution in [0.25, 0.3) is 16.5 Å². The first-order valence-electron chi connectivity index (χ1n) is 9.48. The number of halogens is 2. The average molecular weight is 404 g/mol. The molecule has 2 heterocycles. The number of alkyl halides is 2. The van der Waals surface area contributed by atoms with Gasteiger partial charge in [-0.3, -0.25) is 9.69 Å². The molecule has 0 atom stereocenters. The molecular weight excluding hydrogens is 378 g/mol. The molecule has 1 amide bonds. The standard InChI is InChI=1S/C20H26F2N6O/c1-27(24)11-17(23)14-2-3-15-10-25-19(9-16(15)8-14)26-20(29)13-4-6-28(7-5-13)12-18(21)22/h2-3,8-11,13,18H,4-7,12,23-24H2,1H3,(H,25,26,29)/b17-11-. The highest BCUT2D eigenvalue weighted by Gasteiger charge is 2.26. The minimum atomic E-state index is -2.35. The maximum Gasteiger partial charge on any atom is 0.251 e. The fourth-order valence-corrected chi connectivity index (χ4v) is 3.48. The van der Waals surface area contributed by atoms with Gasteiger partial charge in [0.05, 0.1) is 12.2 Å². The highest BCUT2D eigenvalue weighted by Crippen LogP contribution is 2.23. The Bertz CT molecular complexity index is 894. The number of piperidine rings is 1. The number of nitrogens with zero attached hydrogens (tertiary/aromatic N) is 3. The van der Waals surface area contributed by atoms with Crippen LogP contribution in [0.1, 0.15) is 18.4 Å². The van der Waals surface area contributed by atoms with Crippen LogP contribution in [-0.4, -0.2) is 53.9 Å². The molecule has 0 radical (unpaired) electrons. The molecule has 0 saturated carbocycles. The highest BCUT2D eigenvalue weighted by molar-refractivity contribution is 5.94. The van der Waals surface area contributed by atoms with Gasteiger partial charge in [0, 0.05) is 30.7 Å². The van der Waals surface area contributed by atoms with Crippen molar-refractivity contribution in [1.29, 1.82) is 0 Å². The molecule has 9 heteroatoms. The number of nitrogens with two attached hydrogens (primary N) is 2. The molecule has 29 heavy (non-hydrogen) atoms. The van der Waals surface area contributed by atoms with Crippen LogP contribution in [0, 0.1) is 5.92 Å². The van der Waals surface area contributed by atoms with Crippen LogP contribution in [0.3, 0.4) is 0 Å². The van der Waals surface area contributed by atoms with Crippen molar-refractivity contribution >= 4 is 28.2 Å². The van der Waals surface area contributed by atoms with Gasteiger partial charge in [-0.1, -0.05) is 12.1 Å². The van der Waals surface area contributed by atoms with E-state index in [-0.39, 0.29) is 18.4 Å². The number of hydrogen-bond donors (Lipinski definition) is 3. The number of carbonyl (C=O) groups is 1. The third-order valence-electron chi connectivity index (χ3n) is 5.00. The lowest BCUT2D eigenvalue weighted by atomic mass is 9.96. The van der Waals surface area contributed by atoms with Gasteiger partial charge in [0.2, 0.25) is 5.91 Å². The third kappa shape index (κ3) is 5.61. The van der Waals surface area contributed by atoms with Crippen molar-refractivity contribution < 1.29 is 13.6 Å². The van der Waals surface area contributed by atoms with Crippen LogP contribution in [0.15, 0.2) is 36.7 Å². The van der Waals surface area contributed by atoms with Crippen LogP contribution in [0.4, 0.5) is 14.6 Å². The van der Waals surface area contributed by atoms with Gasteiger partial charge in [-0.15, -0.1) is 0 Å². The number of hydrogen-bond acceptors (Lipinski definition) is 6. The Morgan fingerprint density at radius 1 is 1.34 bits per heavy atom. The highest BCUT2D eigenvalue weighted by atomic mass is 19.3. The summed E-state index contributed by atoms with van der Waals surface area (Å²) in [5, 5.41) is 6.03. The molecule has 1 fully saturated rings. The number of benzene rings is 1. The average Bonchev–Trinajstić information content (AvgIpc) is 2.67. The van der Waals surface area contributed by atoms with Crippen molar-refractivity contribution in [3.05, 3.63) is 42.2 Å². The van der Waals surface area contributed by atoms with Crippen molar-refractivity contribution in [2.45, 2.75) is 19.3 Å². The monoisotopic (exact) mass is 404 g/mol. The predicted molar refractivity (Wildman–Crippen MR) is 110 cm³/mol. The Balaban J connectivity index is 1.68. The summed E-state index contributed by atoms with van der Waals surface area (Å²) in [6.07, 6.45) is 2.08. The summed E-state index contributed by atoms with van der Waals surface area (Å²) in [5.74, 6) is 5.72. The molecular formula is C20H26F2N6O. The number of rotatable bonds is 6. The number of amides is 1. The molecule has 0 bridgehead atoms. The van der Waals surface area contributed by atoms with Gasteiger partial charge >= 0.3 is 0 Å². The van der Waals surface area contributed by atoms with Crippen molar-refractivity contribution in [2.24, 2.45) is 17.5 Å². The third-order valence-corrected chi connectivity index (χ3v) is 5.00. The summed E-state index contributed by atoms with van der Waals surface area (Å²) in [7, 11) is 1.68. The number of nitrogens with one attached hydrogen (secondary N) is 1. The molecule has 0 unspecified atom stereocenters. The van der Waals surface area contributed by atoms with Crippen molar-refractivity contribution in [3.63, 3.8) is 0 Å². The van der Waals surface area contributed by atoms with E-state index in [1.165, 1.54) is 5.01 Å². The van der Waals surface area contributed by atoms with E-state index in [1.54, 1.807) is 30.4 Å². The van der Waals surface area contributed by atoms with Gasteiger partial charge in [-0.2, -0.15) is 0 Å². The Morgan fingerprint density at radius 2 is 2.07 bits per heavy atom. The number of pyridine rings is 1. The largest absolute Gasteiger partial charge is 0.397 e. The molecule has 1 aliphatic rings. The number of carbonyl (C=O) groups excluding carboxylic acids is 1. The summed E-state index contributed by atoms with van der Waals surface area (Å²) in [4.78, 5) is 18.6. The Morgan fingerprint density at radius 3 is 2.72 bits per heavy atom. The van der Waals surface area contributed by atoms with E-state index in [0.29, 0.717) is 37.4 Å². The minimum Gasteiger partial charge on any atom is -0.397 e. The molecule has 5 N–H and O–H groups in total. The van der Waals surface area contributed by atoms with Gasteiger partial charge in [-0.05, 0) is 49.0 Å². The maximum atomic E-state index is 12.6. The van der Waals surface area contributed by atoms with E-state index in [9.17, 15) is 13.6 Å². The molecule has 1 aromatic carbocycles. The summed E-state index contributed by atoms with van der Waals surface area (Å²) < 4.78 is 25.0. The van der Waals surface area contributed by atoms with E-state index >= 15 is 0 Å². The molecule has 1 aliphatic heterocycles. The first kappa shape index (κ1) is 20.9. The van der Waals surface area contributed by atoms with E-state index in [0.717, 1.165) is 16.3 Å². The van der Waals surface area contributed by atoms with E-state index in [1.807, 2.05) is 18.2 Å². The smallest absolute Gasteiger partial charge is 0.251 e. The molecule has 156 valence electrons. The number of likely N-dealkylation sites (tertiary alicyclic amines) is 1. The normalized spacial score (nSPS) is 16.4. The summed E-state index contributed by atoms with van der Waals surface area (Å²) in [6, 6.07) is 7.48. The lowest BCUT2D eigenvalue weighted by molar-refractivity contribution is -0.121. The number of fused-ring (bicyclic) bond motifs is 1. The van der Waals surface area contributed by atoms with Crippen LogP contribution in [0.5, 0.6) is 0 Å². The van der Waals surface area contributed by atoms with E-state index < -0.39 is 6.43 Å². The van der Waals surface area contributed by atoms with Gasteiger partial charge in [0.15, 0.2) is 0 Å². The van der Waals surface area contributed by atoms with Gasteiger partial charge in [0.1, 0.15) is 5.82 Å². The molecule has 2 aromatic rings. The molecule has 0 aliphatic carbocycles. The fraction of sp³-hybridized carbons (Fsp3) is 0.400. The molecule has 1 saturated heterocycles. The Kier molecular flexibility index (Phi) is 6.60. The summed E-state index contributed by atoms with van der Waals surface area (Å²) >= 11 is 0. The van der Waals surface area contributed by atoms with Crippen molar-refractivity contribution in [1.82, 2.24) is 14.9 Å². The fourth-order valence-electron chi connectivity index (χ4n) is 3.48. The predicted octanol–water partition coefficient (Wildman–Crippen LogP) is 2.21. The first-order chi connectivity index (χ1) is 13.8. The zero-order valence-corrected chi connectivity index (χ0v) is 16.3. The van der Waals surface area contributed by atoms with E-state index in [2.05, 4.69) is 10.3 Å². The zero-order chi connectivity index (χ0) is 21.0. The zero-order valence-electron chi connectivity index (χ0n) is 16.3. The Labute approximate surface area is 168 Å². The van der Waals surface area contributed by atoms with Gasteiger partial charge < -0.3 is 16.1 Å². The maximum absolute atomic E-state index is 12.6.